The van der Waals surface area contributed by atoms with Crippen molar-refractivity contribution in [3.05, 3.63) is 0 Å². The molecular formula is C7H17N5O2. The Morgan fingerprint density at radius 1 is 1.57 bits per heavy atom. The summed E-state index contributed by atoms with van der Waals surface area (Å²) in [4.78, 5) is 14.4. The monoisotopic (exact) mass is 203 g/mol. The molecule has 0 amide bonds. The van der Waals surface area contributed by atoms with Gasteiger partial charge >= 0.3 is 5.97 Å². The number of hydrogen-bond acceptors (Lipinski definition) is 4. The molecule has 7 heteroatoms. The zero-order chi connectivity index (χ0) is 11.1. The molecule has 0 aromatic heterocycles. The van der Waals surface area contributed by atoms with Crippen LogP contribution < -0.4 is 22.7 Å². The van der Waals surface area contributed by atoms with E-state index in [1.54, 1.807) is 0 Å². The van der Waals surface area contributed by atoms with E-state index in [4.69, 9.17) is 22.4 Å². The summed E-state index contributed by atoms with van der Waals surface area (Å²) in [6, 6.07) is -0.765. The molecule has 0 heterocycles. The van der Waals surface area contributed by atoms with Crippen molar-refractivity contribution >= 4 is 11.9 Å². The van der Waals surface area contributed by atoms with Crippen molar-refractivity contribution in [2.45, 2.75) is 19.4 Å². The summed E-state index contributed by atoms with van der Waals surface area (Å²) in [6.45, 7) is 2.24. The van der Waals surface area contributed by atoms with Gasteiger partial charge in [0.15, 0.2) is 5.96 Å². The lowest BCUT2D eigenvalue weighted by molar-refractivity contribution is -0.139. The quantitative estimate of drug-likeness (QED) is 0.149. The molecule has 2 unspecified atom stereocenters. The van der Waals surface area contributed by atoms with Crippen LogP contribution in [-0.2, 0) is 4.79 Å². The third kappa shape index (κ3) is 5.33. The van der Waals surface area contributed by atoms with Gasteiger partial charge in [0.05, 0.1) is 0 Å². The van der Waals surface area contributed by atoms with Crippen LogP contribution in [0.5, 0.6) is 0 Å². The Morgan fingerprint density at radius 2 is 2.14 bits per heavy atom. The zero-order valence-corrected chi connectivity index (χ0v) is 8.10. The molecule has 0 fully saturated rings. The highest BCUT2D eigenvalue weighted by Crippen LogP contribution is 2.06. The van der Waals surface area contributed by atoms with Crippen molar-refractivity contribution in [2.75, 3.05) is 6.54 Å². The fourth-order valence-corrected chi connectivity index (χ4v) is 0.978. The molecule has 0 spiro atoms. The van der Waals surface area contributed by atoms with E-state index < -0.39 is 12.0 Å². The Balaban J connectivity index is 3.97. The van der Waals surface area contributed by atoms with Crippen LogP contribution in [0.2, 0.25) is 0 Å². The Morgan fingerprint density at radius 3 is 2.50 bits per heavy atom. The number of nitrogens with two attached hydrogens (primary N) is 3. The van der Waals surface area contributed by atoms with Gasteiger partial charge in [-0.2, -0.15) is 0 Å². The second-order valence-corrected chi connectivity index (χ2v) is 3.16. The predicted molar refractivity (Wildman–Crippen MR) is 53.2 cm³/mol. The van der Waals surface area contributed by atoms with Crippen LogP contribution in [0.4, 0.5) is 0 Å². The van der Waals surface area contributed by atoms with Crippen LogP contribution in [0.1, 0.15) is 13.3 Å². The van der Waals surface area contributed by atoms with Crippen molar-refractivity contribution in [1.29, 1.82) is 0 Å². The van der Waals surface area contributed by atoms with Gasteiger partial charge in [0.1, 0.15) is 6.04 Å². The van der Waals surface area contributed by atoms with Crippen molar-refractivity contribution < 1.29 is 9.90 Å². The fourth-order valence-electron chi connectivity index (χ4n) is 0.978. The summed E-state index contributed by atoms with van der Waals surface area (Å²) in [6.07, 6.45) is 0.378. The van der Waals surface area contributed by atoms with Gasteiger partial charge in [0, 0.05) is 6.54 Å². The van der Waals surface area contributed by atoms with E-state index in [-0.39, 0.29) is 11.9 Å². The number of hydrogen-bond donors (Lipinski definition) is 5. The molecule has 0 saturated carbocycles. The summed E-state index contributed by atoms with van der Waals surface area (Å²) in [7, 11) is 0. The Kier molecular flexibility index (Phi) is 5.58. The Bertz CT molecular complexity index is 214. The first-order chi connectivity index (χ1) is 6.47. The average molecular weight is 203 g/mol. The highest BCUT2D eigenvalue weighted by atomic mass is 16.4. The van der Waals surface area contributed by atoms with Gasteiger partial charge in [-0.05, 0) is 12.3 Å². The molecule has 0 aliphatic rings. The first-order valence-corrected chi connectivity index (χ1v) is 4.21. The number of rotatable bonds is 6. The number of carboxylic acids is 1. The minimum absolute atomic E-state index is 0.00410. The summed E-state index contributed by atoms with van der Waals surface area (Å²) >= 11 is 0. The minimum atomic E-state index is -0.982. The summed E-state index contributed by atoms with van der Waals surface area (Å²) in [5.74, 6) is 4.13. The third-order valence-electron chi connectivity index (χ3n) is 1.72. The van der Waals surface area contributed by atoms with Gasteiger partial charge in [-0.15, -0.1) is 0 Å². The van der Waals surface area contributed by atoms with Crippen molar-refractivity contribution in [3.63, 3.8) is 0 Å². The summed E-state index contributed by atoms with van der Waals surface area (Å²) in [5, 5.41) is 8.67. The molecular weight excluding hydrogens is 186 g/mol. The summed E-state index contributed by atoms with van der Waals surface area (Å²) < 4.78 is 0. The lowest BCUT2D eigenvalue weighted by atomic mass is 10.0. The number of carbonyl (C=O) groups is 1. The maximum absolute atomic E-state index is 10.6. The Hall–Kier alpha value is -1.34. The predicted octanol–water partition coefficient (Wildman–Crippen LogP) is -1.80. The van der Waals surface area contributed by atoms with Crippen LogP contribution in [-0.4, -0.2) is 29.6 Å². The molecule has 0 aliphatic heterocycles. The van der Waals surface area contributed by atoms with Crippen molar-refractivity contribution in [1.82, 2.24) is 5.43 Å². The molecule has 14 heavy (non-hydrogen) atoms. The maximum atomic E-state index is 10.6. The zero-order valence-electron chi connectivity index (χ0n) is 8.10. The van der Waals surface area contributed by atoms with Crippen LogP contribution in [0.25, 0.3) is 0 Å². The number of nitrogens with one attached hydrogen (secondary N) is 1. The van der Waals surface area contributed by atoms with Crippen LogP contribution in [0.15, 0.2) is 4.99 Å². The van der Waals surface area contributed by atoms with E-state index in [1.165, 1.54) is 0 Å². The van der Waals surface area contributed by atoms with E-state index in [0.717, 1.165) is 0 Å². The molecule has 2 atom stereocenters. The first kappa shape index (κ1) is 12.7. The number of aliphatic imine (C=N–C) groups is 1. The van der Waals surface area contributed by atoms with E-state index in [1.807, 2.05) is 6.92 Å². The van der Waals surface area contributed by atoms with Crippen LogP contribution in [0.3, 0.4) is 0 Å². The molecule has 82 valence electrons. The number of nitrogens with zero attached hydrogens (tertiary/aromatic N) is 1. The van der Waals surface area contributed by atoms with E-state index >= 15 is 0 Å². The first-order valence-electron chi connectivity index (χ1n) is 4.21. The maximum Gasteiger partial charge on any atom is 0.322 e. The van der Waals surface area contributed by atoms with Gasteiger partial charge in [-0.25, -0.2) is 5.43 Å². The SMILES string of the molecule is CC(CN=C(N)N)CC(NN)C(=O)O. The van der Waals surface area contributed by atoms with Crippen molar-refractivity contribution in [2.24, 2.45) is 28.2 Å². The molecule has 7 nitrogen and oxygen atoms in total. The third-order valence-corrected chi connectivity index (χ3v) is 1.72. The highest BCUT2D eigenvalue weighted by molar-refractivity contribution is 5.75. The molecule has 0 aliphatic carbocycles. The van der Waals surface area contributed by atoms with E-state index in [0.29, 0.717) is 13.0 Å². The lowest BCUT2D eigenvalue weighted by Gasteiger charge is -2.14. The molecule has 0 aromatic rings. The number of aliphatic carboxylic acids is 1. The van der Waals surface area contributed by atoms with Gasteiger partial charge in [0.2, 0.25) is 0 Å². The van der Waals surface area contributed by atoms with Gasteiger partial charge in [0.25, 0.3) is 0 Å². The molecule has 0 bridgehead atoms. The molecule has 0 saturated heterocycles. The number of carboxylic acid groups (broad SMARTS) is 1. The minimum Gasteiger partial charge on any atom is -0.480 e. The van der Waals surface area contributed by atoms with Gasteiger partial charge in [-0.1, -0.05) is 6.92 Å². The molecule has 0 radical (unpaired) electrons. The fraction of sp³-hybridized carbons (Fsp3) is 0.714. The number of hydrazine groups is 1. The molecule has 0 rings (SSSR count). The van der Waals surface area contributed by atoms with Gasteiger partial charge in [-0.3, -0.25) is 15.6 Å². The molecule has 0 aromatic carbocycles. The van der Waals surface area contributed by atoms with Crippen molar-refractivity contribution in [3.8, 4) is 0 Å². The molecule has 8 N–H and O–H groups in total. The van der Waals surface area contributed by atoms with Crippen LogP contribution in [0, 0.1) is 5.92 Å². The summed E-state index contributed by atoms with van der Waals surface area (Å²) in [5.41, 5.74) is 12.5. The average Bonchev–Trinajstić information content (AvgIpc) is 2.10. The van der Waals surface area contributed by atoms with E-state index in [9.17, 15) is 4.79 Å². The van der Waals surface area contributed by atoms with E-state index in [2.05, 4.69) is 10.4 Å². The standard InChI is InChI=1S/C7H17N5O2/c1-4(3-11-7(8)9)2-5(12-10)6(13)14/h4-5,12H,2-3,10H2,1H3,(H,13,14)(H4,8,9,11). The van der Waals surface area contributed by atoms with Crippen LogP contribution >= 0.6 is 0 Å². The van der Waals surface area contributed by atoms with Gasteiger partial charge < -0.3 is 16.6 Å². The smallest absolute Gasteiger partial charge is 0.322 e. The largest absolute Gasteiger partial charge is 0.480 e. The normalized spacial score (nSPS) is 14.4. The Labute approximate surface area is 82.3 Å². The second-order valence-electron chi connectivity index (χ2n) is 3.16. The second kappa shape index (κ2) is 6.17. The topological polar surface area (TPSA) is 140 Å². The number of guanidine groups is 1. The lowest BCUT2D eigenvalue weighted by Crippen LogP contribution is -2.42. The highest BCUT2D eigenvalue weighted by Gasteiger charge is 2.18.